The van der Waals surface area contributed by atoms with E-state index in [2.05, 4.69) is 13.8 Å². The molecule has 0 aliphatic carbocycles. The molecule has 0 saturated carbocycles. The first-order chi connectivity index (χ1) is 28.1. The summed E-state index contributed by atoms with van der Waals surface area (Å²) in [5.41, 5.74) is 0.325. The zero-order valence-electron chi connectivity index (χ0n) is 36.5. The van der Waals surface area contributed by atoms with Crippen LogP contribution >= 0.6 is 0 Å². The average molecular weight is 798 g/mol. The Balaban J connectivity index is 1.21. The number of carbonyl (C=O) groups is 1. The Labute approximate surface area is 350 Å². The molecular weight excluding hydrogens is 725 g/mol. The van der Waals surface area contributed by atoms with Crippen LogP contribution in [0.4, 0.5) is 0 Å². The van der Waals surface area contributed by atoms with Gasteiger partial charge in [-0.1, -0.05) is 159 Å². The van der Waals surface area contributed by atoms with Crippen molar-refractivity contribution in [1.29, 1.82) is 0 Å². The molecule has 3 aromatic rings. The highest BCUT2D eigenvalue weighted by atomic mass is 16.6. The minimum absolute atomic E-state index is 0.00985. The molecule has 58 heavy (non-hydrogen) atoms. The van der Waals surface area contributed by atoms with Crippen LogP contribution < -0.4 is 9.47 Å². The lowest BCUT2D eigenvalue weighted by molar-refractivity contribution is -0.548. The predicted molar refractivity (Wildman–Crippen MR) is 236 cm³/mol. The summed E-state index contributed by atoms with van der Waals surface area (Å²) in [4.78, 5) is 13.2. The summed E-state index contributed by atoms with van der Waals surface area (Å²) in [5, 5.41) is 28.2. The molecule has 0 spiro atoms. The van der Waals surface area contributed by atoms with Crippen molar-refractivity contribution in [2.24, 2.45) is 0 Å². The van der Waals surface area contributed by atoms with Crippen molar-refractivity contribution in [3.8, 4) is 22.6 Å². The third-order valence-electron chi connectivity index (χ3n) is 12.1. The molecule has 319 valence electrons. The van der Waals surface area contributed by atoms with E-state index in [0.29, 0.717) is 28.2 Å². The van der Waals surface area contributed by atoms with Crippen LogP contribution in [0, 0.1) is 5.21 Å². The SMILES string of the molecule is CCCCCCCCCCCCOc1ccc(C2=[N+]([O-])[C@](C)(COC(=O)c3ccc(-c4ccc(OCCCCCCCCCCCC)cc4)cc3)C(C)(C)N2[O])cc1. The van der Waals surface area contributed by atoms with Gasteiger partial charge in [-0.3, -0.25) is 4.74 Å². The maximum atomic E-state index is 13.9. The summed E-state index contributed by atoms with van der Waals surface area (Å²) in [6.07, 6.45) is 25.7. The Morgan fingerprint density at radius 1 is 0.552 bits per heavy atom. The van der Waals surface area contributed by atoms with Gasteiger partial charge < -0.3 is 19.4 Å². The van der Waals surface area contributed by atoms with Crippen LogP contribution in [0.5, 0.6) is 11.5 Å². The van der Waals surface area contributed by atoms with Crippen LogP contribution in [0.3, 0.4) is 0 Å². The van der Waals surface area contributed by atoms with Crippen molar-refractivity contribution in [3.63, 3.8) is 0 Å². The Morgan fingerprint density at radius 2 is 0.914 bits per heavy atom. The monoisotopic (exact) mass is 798 g/mol. The first kappa shape index (κ1) is 46.6. The summed E-state index contributed by atoms with van der Waals surface area (Å²) >= 11 is 0. The second-order valence-electron chi connectivity index (χ2n) is 17.0. The first-order valence-corrected chi connectivity index (χ1v) is 22.7. The summed E-state index contributed by atoms with van der Waals surface area (Å²) in [7, 11) is 0. The number of unbranched alkanes of at least 4 members (excludes halogenated alkanes) is 18. The number of carbonyl (C=O) groups excluding carboxylic acids is 1. The third kappa shape index (κ3) is 13.8. The zero-order valence-corrected chi connectivity index (χ0v) is 36.5. The second kappa shape index (κ2) is 24.8. The molecule has 8 heteroatoms. The van der Waals surface area contributed by atoms with Gasteiger partial charge in [-0.2, -0.15) is 0 Å². The molecule has 1 atom stereocenters. The van der Waals surface area contributed by atoms with Gasteiger partial charge in [-0.15, -0.1) is 0 Å². The standard InChI is InChI=1S/C50H73N2O6/c1-6-8-10-12-14-16-18-20-22-24-38-56-45-34-30-42(31-35-45)41-26-28-44(29-27-41)48(53)58-40-50(5)49(3,4)51(54)47(52(50)55)43-32-36-46(37-33-43)57-39-25-23-21-19-17-15-13-11-9-7-2/h26-37H,6-25,38-40H2,1-5H3/t50-/m1/s1. The fourth-order valence-corrected chi connectivity index (χ4v) is 7.61. The van der Waals surface area contributed by atoms with Gasteiger partial charge in [0.2, 0.25) is 0 Å². The molecule has 0 saturated heterocycles. The number of nitrogens with zero attached hydrogens (tertiary/aromatic N) is 2. The van der Waals surface area contributed by atoms with E-state index in [0.717, 1.165) is 47.8 Å². The van der Waals surface area contributed by atoms with Gasteiger partial charge in [0.15, 0.2) is 11.1 Å². The normalized spacial score (nSPS) is 16.2. The van der Waals surface area contributed by atoms with Gasteiger partial charge in [0.25, 0.3) is 0 Å². The average Bonchev–Trinajstić information content (AvgIpc) is 3.37. The van der Waals surface area contributed by atoms with E-state index in [1.54, 1.807) is 57.2 Å². The Bertz CT molecular complexity index is 1640. The number of esters is 1. The number of ether oxygens (including phenoxy) is 3. The Hall–Kier alpha value is -4.04. The van der Waals surface area contributed by atoms with E-state index in [1.165, 1.54) is 109 Å². The molecular formula is C50H73N2O6. The summed E-state index contributed by atoms with van der Waals surface area (Å²) in [6.45, 7) is 10.7. The van der Waals surface area contributed by atoms with Crippen molar-refractivity contribution in [2.45, 2.75) is 174 Å². The predicted octanol–water partition coefficient (Wildman–Crippen LogP) is 13.3. The summed E-state index contributed by atoms with van der Waals surface area (Å²) < 4.78 is 18.4. The lowest BCUT2D eigenvalue weighted by atomic mass is 9.83. The maximum Gasteiger partial charge on any atom is 0.338 e. The highest BCUT2D eigenvalue weighted by Crippen LogP contribution is 2.38. The number of hydrogen-bond donors (Lipinski definition) is 0. The van der Waals surface area contributed by atoms with Crippen molar-refractivity contribution < 1.29 is 29.0 Å². The quantitative estimate of drug-likeness (QED) is 0.0300. The topological polar surface area (TPSA) is 94.0 Å². The van der Waals surface area contributed by atoms with Gasteiger partial charge in [0.05, 0.1) is 24.3 Å². The fourth-order valence-electron chi connectivity index (χ4n) is 7.61. The summed E-state index contributed by atoms with van der Waals surface area (Å²) in [5.74, 6) is 0.997. The number of benzene rings is 3. The first-order valence-electron chi connectivity index (χ1n) is 22.7. The number of hydrogen-bond acceptors (Lipinski definition) is 6. The van der Waals surface area contributed by atoms with E-state index >= 15 is 0 Å². The minimum Gasteiger partial charge on any atom is -0.714 e. The van der Waals surface area contributed by atoms with Gasteiger partial charge in [0.1, 0.15) is 18.1 Å². The van der Waals surface area contributed by atoms with Crippen LogP contribution in [-0.2, 0) is 9.94 Å². The number of hydroxylamine groups is 3. The molecule has 0 unspecified atom stereocenters. The van der Waals surface area contributed by atoms with E-state index in [1.807, 2.05) is 36.4 Å². The van der Waals surface area contributed by atoms with Crippen molar-refractivity contribution in [2.75, 3.05) is 19.8 Å². The minimum atomic E-state index is -1.33. The van der Waals surface area contributed by atoms with Crippen LogP contribution in [0.25, 0.3) is 11.1 Å². The largest absolute Gasteiger partial charge is 0.714 e. The van der Waals surface area contributed by atoms with Gasteiger partial charge in [-0.05, 0) is 93.3 Å². The van der Waals surface area contributed by atoms with Crippen molar-refractivity contribution in [1.82, 2.24) is 5.06 Å². The number of amidine groups is 1. The van der Waals surface area contributed by atoms with E-state index < -0.39 is 17.0 Å². The lowest BCUT2D eigenvalue weighted by Gasteiger charge is -2.35. The molecule has 0 amide bonds. The molecule has 0 N–H and O–H groups in total. The highest BCUT2D eigenvalue weighted by molar-refractivity contribution is 5.96. The summed E-state index contributed by atoms with van der Waals surface area (Å²) in [6, 6.07) is 22.3. The van der Waals surface area contributed by atoms with Gasteiger partial charge in [-0.25, -0.2) is 4.79 Å². The number of rotatable bonds is 29. The molecule has 1 aliphatic heterocycles. The highest BCUT2D eigenvalue weighted by Gasteiger charge is 2.63. The molecule has 0 aromatic heterocycles. The molecule has 3 aromatic carbocycles. The zero-order chi connectivity index (χ0) is 41.6. The fraction of sp³-hybridized carbons (Fsp3) is 0.600. The smallest absolute Gasteiger partial charge is 0.338 e. The van der Waals surface area contributed by atoms with Crippen LogP contribution in [0.2, 0.25) is 0 Å². The molecule has 1 aliphatic rings. The van der Waals surface area contributed by atoms with Gasteiger partial charge in [0, 0.05) is 5.21 Å². The van der Waals surface area contributed by atoms with Crippen LogP contribution in [0.15, 0.2) is 72.8 Å². The molecule has 0 bridgehead atoms. The van der Waals surface area contributed by atoms with Crippen molar-refractivity contribution in [3.05, 3.63) is 89.1 Å². The van der Waals surface area contributed by atoms with Crippen LogP contribution in [0.1, 0.15) is 179 Å². The van der Waals surface area contributed by atoms with E-state index in [-0.39, 0.29) is 12.4 Å². The molecule has 0 fully saturated rings. The van der Waals surface area contributed by atoms with E-state index in [9.17, 15) is 15.2 Å². The Morgan fingerprint density at radius 3 is 1.33 bits per heavy atom. The van der Waals surface area contributed by atoms with E-state index in [4.69, 9.17) is 14.2 Å². The molecule has 4 rings (SSSR count). The molecule has 1 heterocycles. The lowest BCUT2D eigenvalue weighted by Crippen LogP contribution is -2.58. The van der Waals surface area contributed by atoms with Gasteiger partial charge >= 0.3 is 11.8 Å². The van der Waals surface area contributed by atoms with Crippen molar-refractivity contribution >= 4 is 11.8 Å². The molecule has 8 nitrogen and oxygen atoms in total. The van der Waals surface area contributed by atoms with Crippen LogP contribution in [-0.4, -0.2) is 52.5 Å². The third-order valence-corrected chi connectivity index (χ3v) is 12.1. The molecule has 1 radical (unpaired) electrons. The second-order valence-corrected chi connectivity index (χ2v) is 17.0. The Kier molecular flexibility index (Phi) is 19.9. The maximum absolute atomic E-state index is 13.9.